The van der Waals surface area contributed by atoms with Gasteiger partial charge in [-0.1, -0.05) is 18.0 Å². The van der Waals surface area contributed by atoms with Crippen molar-refractivity contribution in [1.29, 1.82) is 0 Å². The Labute approximate surface area is 288 Å². The maximum absolute atomic E-state index is 14.0. The number of urea groups is 1. The molecule has 1 aromatic carbocycles. The molecule has 0 unspecified atom stereocenters. The lowest BCUT2D eigenvalue weighted by Crippen LogP contribution is -2.51. The lowest BCUT2D eigenvalue weighted by molar-refractivity contribution is -0.143. The molecule has 0 spiro atoms. The van der Waals surface area contributed by atoms with Gasteiger partial charge in [0, 0.05) is 56.6 Å². The number of alkyl halides is 3. The zero-order chi connectivity index (χ0) is 34.0. The van der Waals surface area contributed by atoms with E-state index in [1.54, 1.807) is 21.1 Å². The first-order valence-electron chi connectivity index (χ1n) is 17.0. The number of halogens is 4. The van der Waals surface area contributed by atoms with Crippen LogP contribution in [0.15, 0.2) is 22.9 Å². The van der Waals surface area contributed by atoms with E-state index >= 15 is 0 Å². The van der Waals surface area contributed by atoms with Crippen LogP contribution < -0.4 is 5.32 Å². The van der Waals surface area contributed by atoms with Crippen LogP contribution in [0.4, 0.5) is 23.7 Å². The number of hydrogen-bond donors (Lipinski definition) is 2. The zero-order valence-electron chi connectivity index (χ0n) is 26.9. The third kappa shape index (κ3) is 7.89. The number of carbonyl (C=O) groups excluding carboxylic acids is 3. The average molecular weight is 710 g/mol. The minimum Gasteiger partial charge on any atom is -0.506 e. The van der Waals surface area contributed by atoms with Crippen molar-refractivity contribution in [2.24, 2.45) is 5.92 Å². The van der Waals surface area contributed by atoms with E-state index in [0.29, 0.717) is 51.6 Å². The van der Waals surface area contributed by atoms with Gasteiger partial charge in [0.25, 0.3) is 0 Å². The Morgan fingerprint density at radius 3 is 2.29 bits per heavy atom. The highest BCUT2D eigenvalue weighted by molar-refractivity contribution is 7.08. The molecular weight excluding hydrogens is 667 g/mol. The van der Waals surface area contributed by atoms with Gasteiger partial charge < -0.3 is 30.0 Å². The number of nitrogens with zero attached hydrogens (tertiary/aromatic N) is 4. The van der Waals surface area contributed by atoms with Crippen molar-refractivity contribution in [1.82, 2.24) is 19.6 Å². The topological polar surface area (TPSA) is 96.4 Å². The van der Waals surface area contributed by atoms with Gasteiger partial charge in [-0.15, -0.1) is 11.3 Å². The predicted molar refractivity (Wildman–Crippen MR) is 178 cm³/mol. The number of phenolic OH excluding ortho intramolecular Hbond substituents is 1. The first kappa shape index (κ1) is 34.8. The van der Waals surface area contributed by atoms with Crippen molar-refractivity contribution >= 4 is 46.5 Å². The fourth-order valence-electron chi connectivity index (χ4n) is 7.78. The number of likely N-dealkylation sites (tertiary alicyclic amines) is 3. The molecule has 1 aromatic heterocycles. The number of carbonyl (C=O) groups is 3. The molecule has 6 rings (SSSR count). The van der Waals surface area contributed by atoms with Gasteiger partial charge >= 0.3 is 12.2 Å². The van der Waals surface area contributed by atoms with Gasteiger partial charge in [0.1, 0.15) is 5.75 Å². The molecule has 2 aromatic rings. The van der Waals surface area contributed by atoms with E-state index in [2.05, 4.69) is 10.2 Å². The van der Waals surface area contributed by atoms with E-state index in [1.165, 1.54) is 25.3 Å². The summed E-state index contributed by atoms with van der Waals surface area (Å²) in [4.78, 5) is 48.5. The van der Waals surface area contributed by atoms with Crippen LogP contribution in [0.2, 0.25) is 5.02 Å². The van der Waals surface area contributed by atoms with Crippen LogP contribution in [0, 0.1) is 5.92 Å². The number of phenols is 1. The molecule has 2 N–H and O–H groups in total. The number of nitrogens with one attached hydrogen (secondary N) is 1. The fraction of sp³-hybridized carbons (Fsp3) is 0.618. The normalized spacial score (nSPS) is 21.1. The van der Waals surface area contributed by atoms with E-state index in [-0.39, 0.29) is 42.3 Å². The van der Waals surface area contributed by atoms with Crippen molar-refractivity contribution in [2.45, 2.75) is 82.5 Å². The van der Waals surface area contributed by atoms with Gasteiger partial charge in [-0.25, -0.2) is 4.79 Å². The Kier molecular flexibility index (Phi) is 10.8. The van der Waals surface area contributed by atoms with Crippen LogP contribution in [0.1, 0.15) is 68.1 Å². The van der Waals surface area contributed by atoms with E-state index < -0.39 is 28.4 Å². The number of fused-ring (bicyclic) bond motifs is 1. The average Bonchev–Trinajstić information content (AvgIpc) is 3.45. The summed E-state index contributed by atoms with van der Waals surface area (Å²) in [7, 11) is 0. The highest BCUT2D eigenvalue weighted by Gasteiger charge is 2.38. The summed E-state index contributed by atoms with van der Waals surface area (Å²) in [5, 5.41) is 16.5. The second kappa shape index (κ2) is 14.8. The Bertz CT molecular complexity index is 1480. The molecule has 0 saturated carbocycles. The summed E-state index contributed by atoms with van der Waals surface area (Å²) in [6.45, 7) is 4.62. The Morgan fingerprint density at radius 1 is 0.938 bits per heavy atom. The van der Waals surface area contributed by atoms with Crippen molar-refractivity contribution in [3.05, 3.63) is 44.6 Å². The molecular formula is C34H43ClF3N5O4S. The number of hydrogen-bond acceptors (Lipinski definition) is 6. The van der Waals surface area contributed by atoms with Gasteiger partial charge in [0.2, 0.25) is 11.8 Å². The van der Waals surface area contributed by atoms with Crippen LogP contribution in [-0.4, -0.2) is 100 Å². The van der Waals surface area contributed by atoms with Crippen LogP contribution >= 0.6 is 22.9 Å². The highest BCUT2D eigenvalue weighted by Crippen LogP contribution is 2.41. The van der Waals surface area contributed by atoms with Crippen LogP contribution in [0.5, 0.6) is 5.75 Å². The van der Waals surface area contributed by atoms with E-state index in [0.717, 1.165) is 49.7 Å². The number of piperidine rings is 3. The third-order valence-corrected chi connectivity index (χ3v) is 11.6. The lowest BCUT2D eigenvalue weighted by atomic mass is 9.91. The van der Waals surface area contributed by atoms with E-state index in [9.17, 15) is 32.7 Å². The molecule has 0 radical (unpaired) electrons. The number of benzene rings is 1. The van der Waals surface area contributed by atoms with Gasteiger partial charge in [-0.3, -0.25) is 9.59 Å². The molecule has 4 aliphatic heterocycles. The first-order valence-corrected chi connectivity index (χ1v) is 18.3. The van der Waals surface area contributed by atoms with Crippen molar-refractivity contribution in [3.8, 4) is 5.75 Å². The summed E-state index contributed by atoms with van der Waals surface area (Å²) >= 11 is 7.57. The fourth-order valence-corrected chi connectivity index (χ4v) is 8.85. The molecule has 4 amide bonds. The van der Waals surface area contributed by atoms with Crippen LogP contribution in [0.3, 0.4) is 0 Å². The zero-order valence-corrected chi connectivity index (χ0v) is 28.5. The monoisotopic (exact) mass is 709 g/mol. The minimum absolute atomic E-state index is 0.0275. The van der Waals surface area contributed by atoms with E-state index in [4.69, 9.17) is 11.6 Å². The number of rotatable bonds is 7. The molecule has 14 heteroatoms. The highest BCUT2D eigenvalue weighted by atomic mass is 35.5. The molecule has 0 aliphatic carbocycles. The number of amides is 4. The third-order valence-electron chi connectivity index (χ3n) is 10.5. The molecule has 4 aliphatic rings. The Balaban J connectivity index is 1.12. The van der Waals surface area contributed by atoms with Crippen LogP contribution in [0.25, 0.3) is 0 Å². The summed E-state index contributed by atoms with van der Waals surface area (Å²) in [6.07, 6.45) is 2.07. The van der Waals surface area contributed by atoms with Gasteiger partial charge in [0.15, 0.2) is 0 Å². The quantitative estimate of drug-likeness (QED) is 0.356. The maximum atomic E-state index is 14.0. The molecule has 9 nitrogen and oxygen atoms in total. The molecule has 1 atom stereocenters. The minimum atomic E-state index is -4.84. The number of thiophene rings is 1. The summed E-state index contributed by atoms with van der Waals surface area (Å²) in [5.41, 5.74) is 0.842. The first-order chi connectivity index (χ1) is 23.0. The molecule has 5 heterocycles. The largest absolute Gasteiger partial charge is 0.506 e. The molecule has 3 saturated heterocycles. The smallest absolute Gasteiger partial charge is 0.420 e. The van der Waals surface area contributed by atoms with Crippen molar-refractivity contribution < 1.29 is 32.7 Å². The molecule has 3 fully saturated rings. The summed E-state index contributed by atoms with van der Waals surface area (Å²) in [5.74, 6) is -2.43. The summed E-state index contributed by atoms with van der Waals surface area (Å²) in [6, 6.07) is 2.30. The van der Waals surface area contributed by atoms with Crippen molar-refractivity contribution in [3.63, 3.8) is 0 Å². The predicted octanol–water partition coefficient (Wildman–Crippen LogP) is 6.23. The number of aromatic hydroxyl groups is 1. The molecule has 48 heavy (non-hydrogen) atoms. The summed E-state index contributed by atoms with van der Waals surface area (Å²) < 4.78 is 41.2. The van der Waals surface area contributed by atoms with Gasteiger partial charge in [-0.2, -0.15) is 13.2 Å². The van der Waals surface area contributed by atoms with E-state index in [1.807, 2.05) is 15.7 Å². The molecule has 0 bridgehead atoms. The van der Waals surface area contributed by atoms with Crippen LogP contribution in [-0.2, 0) is 28.6 Å². The second-order valence-corrected chi connectivity index (χ2v) is 14.7. The maximum Gasteiger partial charge on any atom is 0.420 e. The number of anilines is 1. The lowest BCUT2D eigenvalue weighted by Gasteiger charge is -2.41. The van der Waals surface area contributed by atoms with Gasteiger partial charge in [0.05, 0.1) is 22.2 Å². The molecule has 262 valence electrons. The van der Waals surface area contributed by atoms with Crippen molar-refractivity contribution in [2.75, 3.05) is 51.1 Å². The Hall–Kier alpha value is -3.03. The Morgan fingerprint density at radius 2 is 1.60 bits per heavy atom. The van der Waals surface area contributed by atoms with Gasteiger partial charge in [-0.05, 0) is 93.1 Å². The second-order valence-electron chi connectivity index (χ2n) is 13.5. The standard InChI is InChI=1S/C34H43ClF3N5O4S/c35-28-18-22(17-27(31(28)45)34(36,37)38)16-24(32(46)42-13-5-25(6-14-42)40-9-2-1-3-10-40)19-30(44)41-11-7-26(8-12-41)43-15-4-23-20-48-21-29(23)39-33(43)47/h17-18,20-21,24-26,45H,1-16,19H2,(H,39,47)/t24-/m0/s1. The SMILES string of the molecule is O=C(C[C@H](Cc1cc(Cl)c(O)c(C(F)(F)F)c1)C(=O)N1CCC(N2CCCCC2)CC1)N1CCC(N2CCc3cscc3NC2=O)CC1.